The topological polar surface area (TPSA) is 82.3 Å². The maximum Gasteiger partial charge on any atom is 0.277 e. The number of thioether (sulfide) groups is 1. The number of nitrogens with zero attached hydrogens (tertiary/aromatic N) is 2. The van der Waals surface area contributed by atoms with Gasteiger partial charge in [0.2, 0.25) is 0 Å². The first-order valence-corrected chi connectivity index (χ1v) is 9.18. The van der Waals surface area contributed by atoms with Crippen LogP contribution in [0.4, 0.5) is 0 Å². The van der Waals surface area contributed by atoms with Crippen LogP contribution in [-0.4, -0.2) is 35.4 Å². The maximum atomic E-state index is 11.4. The molecule has 0 aliphatic carbocycles. The van der Waals surface area contributed by atoms with E-state index in [2.05, 4.69) is 10.2 Å². The molecule has 0 bridgehead atoms. The number of aromatic nitrogens is 2. The van der Waals surface area contributed by atoms with Crippen molar-refractivity contribution in [2.75, 3.05) is 11.5 Å². The van der Waals surface area contributed by atoms with Crippen molar-refractivity contribution in [2.24, 2.45) is 0 Å². The average molecular weight is 326 g/mol. The third kappa shape index (κ3) is 3.98. The summed E-state index contributed by atoms with van der Waals surface area (Å²) in [6.45, 7) is 0.195. The summed E-state index contributed by atoms with van der Waals surface area (Å²) in [5.74, 6) is 1.52. The molecule has 8 heteroatoms. The van der Waals surface area contributed by atoms with E-state index in [-0.39, 0.29) is 23.4 Å². The smallest absolute Gasteiger partial charge is 0.277 e. The molecule has 0 spiro atoms. The fourth-order valence-electron chi connectivity index (χ4n) is 2.00. The Hall–Kier alpha value is -1.54. The van der Waals surface area contributed by atoms with Crippen LogP contribution < -0.4 is 4.74 Å². The molecular formula is C13H14N2O4S2. The van der Waals surface area contributed by atoms with E-state index in [1.165, 1.54) is 11.8 Å². The highest BCUT2D eigenvalue weighted by molar-refractivity contribution is 8.01. The molecule has 1 aromatic heterocycles. The summed E-state index contributed by atoms with van der Waals surface area (Å²) < 4.78 is 33.8. The molecule has 0 amide bonds. The lowest BCUT2D eigenvalue weighted by molar-refractivity contribution is 0.252. The standard InChI is InChI=1S/C13H14N2O4S2/c16-21(17)7-6-11(9-21)20-13-15-14-12(19-13)8-18-10-4-2-1-3-5-10/h1-5,11H,6-9H2. The van der Waals surface area contributed by atoms with Crippen LogP contribution in [0.25, 0.3) is 0 Å². The Morgan fingerprint density at radius 1 is 1.29 bits per heavy atom. The van der Waals surface area contributed by atoms with Gasteiger partial charge in [-0.15, -0.1) is 10.2 Å². The first-order chi connectivity index (χ1) is 10.1. The molecule has 6 nitrogen and oxygen atoms in total. The summed E-state index contributed by atoms with van der Waals surface area (Å²) in [7, 11) is -2.89. The Morgan fingerprint density at radius 2 is 2.10 bits per heavy atom. The quantitative estimate of drug-likeness (QED) is 0.830. The predicted molar refractivity (Wildman–Crippen MR) is 78.0 cm³/mol. The van der Waals surface area contributed by atoms with Crippen LogP contribution in [0.5, 0.6) is 5.75 Å². The molecule has 1 aromatic carbocycles. The normalized spacial score (nSPS) is 20.5. The number of sulfone groups is 1. The second-order valence-electron chi connectivity index (χ2n) is 4.71. The summed E-state index contributed by atoms with van der Waals surface area (Å²) in [6, 6.07) is 9.35. The molecule has 1 saturated heterocycles. The molecule has 1 aliphatic heterocycles. The molecule has 0 saturated carbocycles. The summed E-state index contributed by atoms with van der Waals surface area (Å²) in [5, 5.41) is 8.20. The monoisotopic (exact) mass is 326 g/mol. The Bertz CT molecular complexity index is 700. The lowest BCUT2D eigenvalue weighted by Crippen LogP contribution is -2.05. The van der Waals surface area contributed by atoms with Crippen molar-refractivity contribution in [1.29, 1.82) is 0 Å². The molecule has 112 valence electrons. The second-order valence-corrected chi connectivity index (χ2v) is 8.19. The number of ether oxygens (including phenoxy) is 1. The number of hydrogen-bond acceptors (Lipinski definition) is 7. The van der Waals surface area contributed by atoms with E-state index in [1.54, 1.807) is 0 Å². The van der Waals surface area contributed by atoms with Gasteiger partial charge in [0.15, 0.2) is 16.4 Å². The lowest BCUT2D eigenvalue weighted by atomic mass is 10.3. The van der Waals surface area contributed by atoms with E-state index in [0.29, 0.717) is 17.5 Å². The summed E-state index contributed by atoms with van der Waals surface area (Å²) in [4.78, 5) is 0. The van der Waals surface area contributed by atoms with Gasteiger partial charge in [-0.3, -0.25) is 0 Å². The highest BCUT2D eigenvalue weighted by atomic mass is 32.2. The molecule has 1 aliphatic rings. The third-order valence-electron chi connectivity index (χ3n) is 3.01. The minimum atomic E-state index is -2.89. The third-order valence-corrected chi connectivity index (χ3v) is 6.09. The van der Waals surface area contributed by atoms with Crippen LogP contribution >= 0.6 is 11.8 Å². The van der Waals surface area contributed by atoms with Crippen LogP contribution in [0.1, 0.15) is 12.3 Å². The SMILES string of the molecule is O=S1(=O)CCC(Sc2nnc(COc3ccccc3)o2)C1. The number of benzene rings is 1. The Labute approximate surface area is 126 Å². The molecule has 1 unspecified atom stereocenters. The van der Waals surface area contributed by atoms with Gasteiger partial charge in [-0.1, -0.05) is 30.0 Å². The Balaban J connectivity index is 1.54. The summed E-state index contributed by atoms with van der Waals surface area (Å²) >= 11 is 1.32. The van der Waals surface area contributed by atoms with Crippen molar-refractivity contribution >= 4 is 21.6 Å². The molecule has 1 fully saturated rings. The zero-order chi connectivity index (χ0) is 14.7. The largest absolute Gasteiger partial charge is 0.484 e. The van der Waals surface area contributed by atoms with Crippen molar-refractivity contribution in [3.8, 4) is 5.75 Å². The van der Waals surface area contributed by atoms with Crippen molar-refractivity contribution in [1.82, 2.24) is 10.2 Å². The fourth-order valence-corrected chi connectivity index (χ4v) is 5.34. The maximum absolute atomic E-state index is 11.4. The molecule has 2 heterocycles. The lowest BCUT2D eigenvalue weighted by Gasteiger charge is -2.02. The first kappa shape index (κ1) is 14.4. The Morgan fingerprint density at radius 3 is 2.81 bits per heavy atom. The predicted octanol–water partition coefficient (Wildman–Crippen LogP) is 1.93. The van der Waals surface area contributed by atoms with E-state index in [4.69, 9.17) is 9.15 Å². The molecule has 3 rings (SSSR count). The van der Waals surface area contributed by atoms with Gasteiger partial charge in [0.1, 0.15) is 5.75 Å². The van der Waals surface area contributed by atoms with Crippen molar-refractivity contribution < 1.29 is 17.6 Å². The van der Waals surface area contributed by atoms with Crippen LogP contribution in [0.2, 0.25) is 0 Å². The zero-order valence-electron chi connectivity index (χ0n) is 11.1. The van der Waals surface area contributed by atoms with Crippen LogP contribution in [0.3, 0.4) is 0 Å². The van der Waals surface area contributed by atoms with Gasteiger partial charge in [0, 0.05) is 5.25 Å². The van der Waals surface area contributed by atoms with E-state index < -0.39 is 9.84 Å². The van der Waals surface area contributed by atoms with E-state index in [1.807, 2.05) is 30.3 Å². The molecule has 21 heavy (non-hydrogen) atoms. The second kappa shape index (κ2) is 6.07. The van der Waals surface area contributed by atoms with Gasteiger partial charge in [-0.2, -0.15) is 0 Å². The Kier molecular flexibility index (Phi) is 4.16. The van der Waals surface area contributed by atoms with Gasteiger partial charge in [-0.05, 0) is 18.6 Å². The first-order valence-electron chi connectivity index (χ1n) is 6.48. The van der Waals surface area contributed by atoms with Gasteiger partial charge >= 0.3 is 0 Å². The molecule has 1 atom stereocenters. The van der Waals surface area contributed by atoms with E-state index >= 15 is 0 Å². The van der Waals surface area contributed by atoms with Crippen molar-refractivity contribution in [2.45, 2.75) is 23.5 Å². The van der Waals surface area contributed by atoms with E-state index in [0.717, 1.165) is 5.75 Å². The summed E-state index contributed by atoms with van der Waals surface area (Å²) in [5.41, 5.74) is 0. The highest BCUT2D eigenvalue weighted by Crippen LogP contribution is 2.30. The fraction of sp³-hybridized carbons (Fsp3) is 0.385. The molecule has 0 N–H and O–H groups in total. The number of hydrogen-bond donors (Lipinski definition) is 0. The number of rotatable bonds is 5. The van der Waals surface area contributed by atoms with Gasteiger partial charge in [-0.25, -0.2) is 8.42 Å². The number of para-hydroxylation sites is 1. The van der Waals surface area contributed by atoms with Gasteiger partial charge < -0.3 is 9.15 Å². The summed E-state index contributed by atoms with van der Waals surface area (Å²) in [6.07, 6.45) is 0.630. The van der Waals surface area contributed by atoms with Gasteiger partial charge in [0.25, 0.3) is 11.1 Å². The molecule has 2 aromatic rings. The highest BCUT2D eigenvalue weighted by Gasteiger charge is 2.30. The van der Waals surface area contributed by atoms with Gasteiger partial charge in [0.05, 0.1) is 11.5 Å². The van der Waals surface area contributed by atoms with Crippen LogP contribution in [0.15, 0.2) is 40.0 Å². The van der Waals surface area contributed by atoms with Crippen LogP contribution in [0, 0.1) is 0 Å². The minimum absolute atomic E-state index is 0.00154. The van der Waals surface area contributed by atoms with Crippen molar-refractivity contribution in [3.05, 3.63) is 36.2 Å². The molecule has 0 radical (unpaired) electrons. The zero-order valence-corrected chi connectivity index (χ0v) is 12.8. The van der Waals surface area contributed by atoms with Crippen molar-refractivity contribution in [3.63, 3.8) is 0 Å². The average Bonchev–Trinajstić information content (AvgIpc) is 3.04. The molecular weight excluding hydrogens is 312 g/mol. The van der Waals surface area contributed by atoms with E-state index in [9.17, 15) is 8.42 Å². The minimum Gasteiger partial charge on any atom is -0.484 e. The van der Waals surface area contributed by atoms with Crippen LogP contribution in [-0.2, 0) is 16.4 Å².